The Labute approximate surface area is 67.6 Å². The molecule has 0 aliphatic heterocycles. The van der Waals surface area contributed by atoms with Crippen LogP contribution in [0.1, 0.15) is 0 Å². The van der Waals surface area contributed by atoms with Crippen LogP contribution in [0.5, 0.6) is 0 Å². The number of carbonyl (C=O) groups excluding carboxylic acids is 1. The highest BCUT2D eigenvalue weighted by Crippen LogP contribution is 2.20. The molecule has 0 radical (unpaired) electrons. The minimum atomic E-state index is -1.41. The number of anilines is 1. The average molecular weight is 171 g/mol. The van der Waals surface area contributed by atoms with Crippen LogP contribution in [0.4, 0.5) is 14.9 Å². The second kappa shape index (κ2) is 3.39. The van der Waals surface area contributed by atoms with Gasteiger partial charge in [0, 0.05) is 10.6 Å². The second-order valence-electron chi connectivity index (χ2n) is 1.91. The van der Waals surface area contributed by atoms with Gasteiger partial charge < -0.3 is 5.73 Å². The van der Waals surface area contributed by atoms with Gasteiger partial charge in [-0.3, -0.25) is 0 Å². The number of hydrogen-bond donors (Lipinski definition) is 1. The Hall–Kier alpha value is -1.03. The number of rotatable bonds is 1. The van der Waals surface area contributed by atoms with Gasteiger partial charge in [-0.05, 0) is 36.0 Å². The summed E-state index contributed by atoms with van der Waals surface area (Å²) in [5.41, 5.74) is 5.97. The van der Waals surface area contributed by atoms with E-state index in [1.165, 1.54) is 0 Å². The molecule has 0 aliphatic rings. The van der Waals surface area contributed by atoms with Crippen LogP contribution in [0.25, 0.3) is 0 Å². The number of nitrogens with two attached hydrogens (primary N) is 1. The van der Waals surface area contributed by atoms with Gasteiger partial charge in [0.2, 0.25) is 0 Å². The summed E-state index contributed by atoms with van der Waals surface area (Å²) in [7, 11) is 0. The lowest BCUT2D eigenvalue weighted by atomic mass is 10.3. The first-order valence-corrected chi connectivity index (χ1v) is 3.73. The fraction of sp³-hybridized carbons (Fsp3) is 0. The van der Waals surface area contributed by atoms with E-state index < -0.39 is 5.37 Å². The summed E-state index contributed by atoms with van der Waals surface area (Å²) in [6.45, 7) is 0. The van der Waals surface area contributed by atoms with Crippen LogP contribution in [-0.4, -0.2) is 5.37 Å². The fourth-order valence-electron chi connectivity index (χ4n) is 0.629. The van der Waals surface area contributed by atoms with Crippen molar-refractivity contribution in [3.05, 3.63) is 24.3 Å². The van der Waals surface area contributed by atoms with Crippen LogP contribution >= 0.6 is 11.8 Å². The SMILES string of the molecule is Nc1ccc(SC(=O)F)cc1. The summed E-state index contributed by atoms with van der Waals surface area (Å²) in [5.74, 6) is 0. The minimum Gasteiger partial charge on any atom is -0.399 e. The molecule has 1 aromatic carbocycles. The molecule has 2 nitrogen and oxygen atoms in total. The average Bonchev–Trinajstić information content (AvgIpc) is 1.93. The van der Waals surface area contributed by atoms with E-state index in [9.17, 15) is 9.18 Å². The number of carbonyl (C=O) groups is 1. The highest BCUT2D eigenvalue weighted by atomic mass is 32.2. The maximum atomic E-state index is 11.8. The van der Waals surface area contributed by atoms with Crippen LogP contribution in [0.2, 0.25) is 0 Å². The zero-order valence-corrected chi connectivity index (χ0v) is 6.40. The van der Waals surface area contributed by atoms with Gasteiger partial charge in [0.15, 0.2) is 0 Å². The summed E-state index contributed by atoms with van der Waals surface area (Å²) < 4.78 is 11.8. The number of benzene rings is 1. The first-order chi connectivity index (χ1) is 5.18. The molecular weight excluding hydrogens is 165 g/mol. The molecule has 0 unspecified atom stereocenters. The maximum absolute atomic E-state index is 11.8. The third kappa shape index (κ3) is 2.59. The van der Waals surface area contributed by atoms with E-state index in [0.29, 0.717) is 22.3 Å². The van der Waals surface area contributed by atoms with Crippen molar-refractivity contribution in [1.82, 2.24) is 0 Å². The molecular formula is C7H6FNOS. The highest BCUT2D eigenvalue weighted by Gasteiger charge is 2.00. The van der Waals surface area contributed by atoms with Crippen molar-refractivity contribution in [1.29, 1.82) is 0 Å². The number of thioether (sulfide) groups is 1. The van der Waals surface area contributed by atoms with Crippen LogP contribution in [0.3, 0.4) is 0 Å². The number of nitrogen functional groups attached to an aromatic ring is 1. The van der Waals surface area contributed by atoms with E-state index in [2.05, 4.69) is 0 Å². The van der Waals surface area contributed by atoms with Gasteiger partial charge >= 0.3 is 5.37 Å². The molecule has 0 spiro atoms. The monoisotopic (exact) mass is 171 g/mol. The molecule has 0 bridgehead atoms. The van der Waals surface area contributed by atoms with Gasteiger partial charge in [0.05, 0.1) is 0 Å². The van der Waals surface area contributed by atoms with Crippen LogP contribution < -0.4 is 5.73 Å². The molecule has 0 saturated heterocycles. The molecule has 58 valence electrons. The lowest BCUT2D eigenvalue weighted by Gasteiger charge is -1.94. The van der Waals surface area contributed by atoms with Gasteiger partial charge in [-0.1, -0.05) is 0 Å². The van der Waals surface area contributed by atoms with E-state index in [1.54, 1.807) is 24.3 Å². The third-order valence-electron chi connectivity index (χ3n) is 1.08. The Balaban J connectivity index is 2.74. The molecule has 11 heavy (non-hydrogen) atoms. The Morgan fingerprint density at radius 2 is 1.91 bits per heavy atom. The van der Waals surface area contributed by atoms with Crippen LogP contribution in [-0.2, 0) is 0 Å². The largest absolute Gasteiger partial charge is 0.399 e. The maximum Gasteiger partial charge on any atom is 0.364 e. The molecule has 0 aliphatic carbocycles. The van der Waals surface area contributed by atoms with E-state index >= 15 is 0 Å². The molecule has 0 saturated carbocycles. The first kappa shape index (κ1) is 8.07. The minimum absolute atomic E-state index is 0.546. The van der Waals surface area contributed by atoms with Crippen molar-refractivity contribution in [2.45, 2.75) is 4.90 Å². The van der Waals surface area contributed by atoms with E-state index in [1.807, 2.05) is 0 Å². The number of hydrogen-bond acceptors (Lipinski definition) is 3. The lowest BCUT2D eigenvalue weighted by Crippen LogP contribution is -1.83. The van der Waals surface area contributed by atoms with E-state index in [4.69, 9.17) is 5.73 Å². The van der Waals surface area contributed by atoms with Gasteiger partial charge in [0.25, 0.3) is 0 Å². The Bertz CT molecular complexity index is 260. The smallest absolute Gasteiger partial charge is 0.364 e. The van der Waals surface area contributed by atoms with Gasteiger partial charge in [-0.2, -0.15) is 4.39 Å². The molecule has 0 atom stereocenters. The lowest BCUT2D eigenvalue weighted by molar-refractivity contribution is 0.245. The molecule has 4 heteroatoms. The Morgan fingerprint density at radius 3 is 2.36 bits per heavy atom. The number of halogens is 1. The predicted octanol–water partition coefficient (Wildman–Crippen LogP) is 2.45. The zero-order chi connectivity index (χ0) is 8.27. The second-order valence-corrected chi connectivity index (χ2v) is 2.91. The van der Waals surface area contributed by atoms with E-state index in [-0.39, 0.29) is 0 Å². The van der Waals surface area contributed by atoms with Crippen molar-refractivity contribution in [2.24, 2.45) is 0 Å². The van der Waals surface area contributed by atoms with E-state index in [0.717, 1.165) is 0 Å². The molecule has 1 rings (SSSR count). The fourth-order valence-corrected chi connectivity index (χ4v) is 1.09. The first-order valence-electron chi connectivity index (χ1n) is 2.91. The molecule has 0 aromatic heterocycles. The summed E-state index contributed by atoms with van der Waals surface area (Å²) in [6, 6.07) is 6.42. The van der Waals surface area contributed by atoms with Crippen molar-refractivity contribution >= 4 is 22.8 Å². The Kier molecular flexibility index (Phi) is 2.48. The quantitative estimate of drug-likeness (QED) is 0.401. The van der Waals surface area contributed by atoms with Crippen molar-refractivity contribution < 1.29 is 9.18 Å². The summed E-state index contributed by atoms with van der Waals surface area (Å²) >= 11 is 0.546. The van der Waals surface area contributed by atoms with Crippen molar-refractivity contribution in [3.63, 3.8) is 0 Å². The molecule has 2 N–H and O–H groups in total. The van der Waals surface area contributed by atoms with Crippen molar-refractivity contribution in [3.8, 4) is 0 Å². The van der Waals surface area contributed by atoms with Gasteiger partial charge in [-0.15, -0.1) is 0 Å². The standard InChI is InChI=1S/C7H6FNOS/c8-7(10)11-6-3-1-5(9)2-4-6/h1-4H,9H2. The summed E-state index contributed by atoms with van der Waals surface area (Å²) in [5, 5.41) is -1.41. The van der Waals surface area contributed by atoms with Gasteiger partial charge in [-0.25, -0.2) is 4.79 Å². The summed E-state index contributed by atoms with van der Waals surface area (Å²) in [4.78, 5) is 10.5. The van der Waals surface area contributed by atoms with Crippen molar-refractivity contribution in [2.75, 3.05) is 5.73 Å². The summed E-state index contributed by atoms with van der Waals surface area (Å²) in [6.07, 6.45) is 0. The molecule has 0 fully saturated rings. The molecule has 0 heterocycles. The van der Waals surface area contributed by atoms with Crippen LogP contribution in [0, 0.1) is 0 Å². The topological polar surface area (TPSA) is 43.1 Å². The zero-order valence-electron chi connectivity index (χ0n) is 5.58. The highest BCUT2D eigenvalue weighted by molar-refractivity contribution is 8.13. The predicted molar refractivity (Wildman–Crippen MR) is 43.2 cm³/mol. The Morgan fingerprint density at radius 1 is 1.36 bits per heavy atom. The van der Waals surface area contributed by atoms with Crippen LogP contribution in [0.15, 0.2) is 29.2 Å². The normalized spacial score (nSPS) is 9.55. The third-order valence-corrected chi connectivity index (χ3v) is 1.75. The molecule has 0 amide bonds. The van der Waals surface area contributed by atoms with Gasteiger partial charge in [0.1, 0.15) is 0 Å². The molecule has 1 aromatic rings.